The Morgan fingerprint density at radius 2 is 1.06 bits per heavy atom. The van der Waals surface area contributed by atoms with Crippen LogP contribution in [0.4, 0.5) is 0 Å². The van der Waals surface area contributed by atoms with Gasteiger partial charge in [0.2, 0.25) is 0 Å². The molecule has 0 amide bonds. The van der Waals surface area contributed by atoms with Crippen molar-refractivity contribution < 1.29 is 0 Å². The van der Waals surface area contributed by atoms with E-state index < -0.39 is 0 Å². The Labute approximate surface area is 188 Å². The third-order valence-corrected chi connectivity index (χ3v) is 6.18. The summed E-state index contributed by atoms with van der Waals surface area (Å²) < 4.78 is 2.10. The van der Waals surface area contributed by atoms with Crippen LogP contribution in [0.1, 0.15) is 11.1 Å². The van der Waals surface area contributed by atoms with Crippen molar-refractivity contribution in [3.8, 4) is 0 Å². The minimum absolute atomic E-state index is 0.774. The van der Waals surface area contributed by atoms with Crippen molar-refractivity contribution in [3.05, 3.63) is 120 Å². The molecule has 0 aliphatic rings. The molecule has 5 heteroatoms. The van der Waals surface area contributed by atoms with E-state index in [1.807, 2.05) is 12.1 Å². The van der Waals surface area contributed by atoms with Crippen LogP contribution in [-0.4, -0.2) is 24.3 Å². The van der Waals surface area contributed by atoms with Crippen LogP contribution in [0.3, 0.4) is 0 Å². The van der Waals surface area contributed by atoms with Crippen molar-refractivity contribution >= 4 is 44.2 Å². The van der Waals surface area contributed by atoms with E-state index in [0.717, 1.165) is 60.5 Å². The first kappa shape index (κ1) is 18.0. The number of pyridine rings is 1. The molecule has 0 spiro atoms. The van der Waals surface area contributed by atoms with Crippen LogP contribution in [0.2, 0.25) is 0 Å². The molecular weight excluding hydrogens is 406 g/mol. The van der Waals surface area contributed by atoms with Gasteiger partial charge >= 0.3 is 0 Å². The molecular formula is C28H17N5. The van der Waals surface area contributed by atoms with Gasteiger partial charge in [0.1, 0.15) is 11.0 Å². The van der Waals surface area contributed by atoms with Crippen molar-refractivity contribution in [1.29, 1.82) is 0 Å². The van der Waals surface area contributed by atoms with Gasteiger partial charge in [-0.1, -0.05) is 78.9 Å². The van der Waals surface area contributed by atoms with E-state index in [9.17, 15) is 0 Å². The molecule has 0 N–H and O–H groups in total. The second kappa shape index (κ2) is 6.93. The molecule has 4 aromatic heterocycles. The first-order valence-electron chi connectivity index (χ1n) is 10.8. The summed E-state index contributed by atoms with van der Waals surface area (Å²) in [6, 6.07) is 27.3. The number of rotatable bonds is 2. The van der Waals surface area contributed by atoms with Crippen LogP contribution in [0.25, 0.3) is 44.2 Å². The molecule has 3 aromatic carbocycles. The Morgan fingerprint density at radius 3 is 1.73 bits per heavy atom. The summed E-state index contributed by atoms with van der Waals surface area (Å²) in [7, 11) is 0. The van der Waals surface area contributed by atoms with Crippen LogP contribution < -0.4 is 5.22 Å². The molecule has 0 fully saturated rings. The first-order valence-corrected chi connectivity index (χ1v) is 10.8. The van der Waals surface area contributed by atoms with Gasteiger partial charge in [-0.25, -0.2) is 9.97 Å². The number of hydrogen-bond donors (Lipinski definition) is 0. The van der Waals surface area contributed by atoms with Crippen molar-refractivity contribution in [2.45, 2.75) is 0 Å². The lowest BCUT2D eigenvalue weighted by Gasteiger charge is -2.13. The Kier molecular flexibility index (Phi) is 3.78. The molecule has 0 saturated heterocycles. The predicted octanol–water partition coefficient (Wildman–Crippen LogP) is 4.95. The molecule has 0 aliphatic carbocycles. The summed E-state index contributed by atoms with van der Waals surface area (Å²) in [5.74, 6) is 0. The van der Waals surface area contributed by atoms with E-state index in [-0.39, 0.29) is 0 Å². The van der Waals surface area contributed by atoms with Gasteiger partial charge < -0.3 is 0 Å². The molecule has 0 bridgehead atoms. The van der Waals surface area contributed by atoms with E-state index in [1.165, 1.54) is 0 Å². The van der Waals surface area contributed by atoms with E-state index in [0.29, 0.717) is 0 Å². The molecule has 7 aromatic rings. The van der Waals surface area contributed by atoms with E-state index in [2.05, 4.69) is 81.1 Å². The third kappa shape index (κ3) is 2.53. The Balaban J connectivity index is 1.87. The van der Waals surface area contributed by atoms with Crippen molar-refractivity contribution in [3.63, 3.8) is 0 Å². The largest absolute Gasteiger partial charge is 0.274 e. The summed E-state index contributed by atoms with van der Waals surface area (Å²) in [6.45, 7) is 0. The van der Waals surface area contributed by atoms with E-state index >= 15 is 0 Å². The Morgan fingerprint density at radius 1 is 0.515 bits per heavy atom. The Hall–Kier alpha value is -4.64. The SMILES string of the molecule is c1ccc(C(c2ccccc2)=c2c3cccc4c5nccnc5n(c5nccnc25)c34)cc1. The quantitative estimate of drug-likeness (QED) is 0.370. The zero-order chi connectivity index (χ0) is 21.8. The van der Waals surface area contributed by atoms with Gasteiger partial charge in [0.05, 0.1) is 5.52 Å². The average molecular weight is 423 g/mol. The highest BCUT2D eigenvalue weighted by Crippen LogP contribution is 2.32. The highest BCUT2D eigenvalue weighted by molar-refractivity contribution is 6.15. The monoisotopic (exact) mass is 423 g/mol. The maximum Gasteiger partial charge on any atom is 0.165 e. The minimum Gasteiger partial charge on any atom is -0.274 e. The van der Waals surface area contributed by atoms with Gasteiger partial charge in [0.15, 0.2) is 11.3 Å². The summed E-state index contributed by atoms with van der Waals surface area (Å²) in [6.07, 6.45) is 6.97. The number of para-hydroxylation sites is 1. The van der Waals surface area contributed by atoms with Crippen molar-refractivity contribution in [1.82, 2.24) is 24.3 Å². The molecule has 7 rings (SSSR count). The molecule has 33 heavy (non-hydrogen) atoms. The molecule has 4 heterocycles. The molecule has 0 saturated carbocycles. The summed E-state index contributed by atoms with van der Waals surface area (Å²) in [5, 5.41) is 3.23. The number of aromatic nitrogens is 5. The van der Waals surface area contributed by atoms with Crippen LogP contribution in [0, 0.1) is 0 Å². The standard InChI is InChI=1S/C28H17N5/c1-3-8-18(9-4-1)22(19-10-5-2-6-11-19)23-20-12-7-13-21-24-27(31-16-14-29-24)33(26(20)21)28-25(23)30-15-17-32-28/h1-17H. The van der Waals surface area contributed by atoms with E-state index in [4.69, 9.17) is 9.97 Å². The second-order valence-corrected chi connectivity index (χ2v) is 7.98. The fourth-order valence-electron chi connectivity index (χ4n) is 4.89. The van der Waals surface area contributed by atoms with Gasteiger partial charge in [-0.2, -0.15) is 0 Å². The van der Waals surface area contributed by atoms with Crippen LogP contribution in [0.15, 0.2) is 104 Å². The van der Waals surface area contributed by atoms with Crippen molar-refractivity contribution in [2.75, 3.05) is 0 Å². The molecule has 154 valence electrons. The van der Waals surface area contributed by atoms with Gasteiger partial charge in [0.25, 0.3) is 0 Å². The molecule has 0 unspecified atom stereocenters. The lowest BCUT2D eigenvalue weighted by molar-refractivity contribution is 1.16. The topological polar surface area (TPSA) is 56.0 Å². The normalized spacial score (nSPS) is 11.6. The van der Waals surface area contributed by atoms with Gasteiger partial charge in [-0.05, 0) is 16.7 Å². The Bertz CT molecular complexity index is 1810. The van der Waals surface area contributed by atoms with Crippen LogP contribution in [0.5, 0.6) is 0 Å². The fourth-order valence-corrected chi connectivity index (χ4v) is 4.89. The fraction of sp³-hybridized carbons (Fsp3) is 0. The molecule has 0 atom stereocenters. The van der Waals surface area contributed by atoms with Gasteiger partial charge in [0, 0.05) is 40.8 Å². The first-order chi connectivity index (χ1) is 16.4. The maximum absolute atomic E-state index is 4.86. The highest BCUT2D eigenvalue weighted by atomic mass is 15.1. The van der Waals surface area contributed by atoms with Crippen molar-refractivity contribution in [2.24, 2.45) is 0 Å². The second-order valence-electron chi connectivity index (χ2n) is 7.98. The van der Waals surface area contributed by atoms with Crippen LogP contribution in [-0.2, 0) is 0 Å². The van der Waals surface area contributed by atoms with E-state index in [1.54, 1.807) is 24.8 Å². The van der Waals surface area contributed by atoms with Gasteiger partial charge in [-0.15, -0.1) is 0 Å². The number of fused-ring (bicyclic) bond motifs is 5. The summed E-state index contributed by atoms with van der Waals surface area (Å²) >= 11 is 0. The smallest absolute Gasteiger partial charge is 0.165 e. The zero-order valence-electron chi connectivity index (χ0n) is 17.6. The zero-order valence-corrected chi connectivity index (χ0v) is 17.6. The molecule has 0 radical (unpaired) electrons. The molecule has 0 aliphatic heterocycles. The highest BCUT2D eigenvalue weighted by Gasteiger charge is 2.20. The van der Waals surface area contributed by atoms with Crippen LogP contribution >= 0.6 is 0 Å². The molecule has 5 nitrogen and oxygen atoms in total. The summed E-state index contributed by atoms with van der Waals surface area (Å²) in [4.78, 5) is 19.0. The number of nitrogens with zero attached hydrogens (tertiary/aromatic N) is 5. The lowest BCUT2D eigenvalue weighted by Crippen LogP contribution is -2.16. The number of benzene rings is 3. The third-order valence-electron chi connectivity index (χ3n) is 6.18. The van der Waals surface area contributed by atoms with Gasteiger partial charge in [-0.3, -0.25) is 14.4 Å². The minimum atomic E-state index is 0.774. The maximum atomic E-state index is 4.86. The predicted molar refractivity (Wildman–Crippen MR) is 131 cm³/mol. The average Bonchev–Trinajstić information content (AvgIpc) is 3.23. The lowest BCUT2D eigenvalue weighted by atomic mass is 9.93. The number of hydrogen-bond acceptors (Lipinski definition) is 4. The summed E-state index contributed by atoms with van der Waals surface area (Å²) in [5.41, 5.74) is 7.73.